The van der Waals surface area contributed by atoms with Crippen molar-refractivity contribution in [1.82, 2.24) is 0 Å². The number of aliphatic hydroxyl groups is 4. The predicted molar refractivity (Wildman–Crippen MR) is 224 cm³/mol. The van der Waals surface area contributed by atoms with E-state index in [9.17, 15) is 20.4 Å². The van der Waals surface area contributed by atoms with E-state index < -0.39 is 0 Å². The first kappa shape index (κ1) is 37.1. The Morgan fingerprint density at radius 3 is 0.800 bits per heavy atom. The van der Waals surface area contributed by atoms with Crippen LogP contribution >= 0.6 is 0 Å². The maximum absolute atomic E-state index is 10.2. The lowest BCUT2D eigenvalue weighted by Crippen LogP contribution is -2.17. The molecular formula is C48H45N3O4. The van der Waals surface area contributed by atoms with Crippen LogP contribution < -0.4 is 14.7 Å². The number of nitrogens with zero attached hydrogens (tertiary/aromatic N) is 3. The Kier molecular flexibility index (Phi) is 11.4. The second-order valence-electron chi connectivity index (χ2n) is 13.7. The molecule has 0 fully saturated rings. The van der Waals surface area contributed by atoms with E-state index in [2.05, 4.69) is 95.3 Å². The zero-order chi connectivity index (χ0) is 38.3. The van der Waals surface area contributed by atoms with Crippen molar-refractivity contribution in [1.29, 1.82) is 0 Å². The summed E-state index contributed by atoms with van der Waals surface area (Å²) in [6, 6.07) is 54.7. The van der Waals surface area contributed by atoms with Crippen LogP contribution in [0.4, 0.5) is 51.2 Å². The minimum Gasteiger partial charge on any atom is -0.392 e. The topological polar surface area (TPSA) is 90.6 Å². The Balaban J connectivity index is 1.57. The Labute approximate surface area is 322 Å². The molecule has 0 radical (unpaired) electrons. The minimum absolute atomic E-state index is 0.117. The van der Waals surface area contributed by atoms with E-state index in [1.807, 2.05) is 97.1 Å². The second-order valence-corrected chi connectivity index (χ2v) is 13.7. The quantitative estimate of drug-likeness (QED) is 0.0940. The molecular weight excluding hydrogens is 683 g/mol. The first-order valence-corrected chi connectivity index (χ1v) is 18.4. The van der Waals surface area contributed by atoms with Gasteiger partial charge in [-0.05, 0) is 127 Å². The number of anilines is 9. The predicted octanol–water partition coefficient (Wildman–Crippen LogP) is 10.7. The summed E-state index contributed by atoms with van der Waals surface area (Å²) < 4.78 is 0. The van der Waals surface area contributed by atoms with Gasteiger partial charge in [0, 0.05) is 34.1 Å². The fraction of sp³-hybridized carbons (Fsp3) is 0.125. The molecule has 0 saturated heterocycles. The van der Waals surface area contributed by atoms with Gasteiger partial charge >= 0.3 is 0 Å². The van der Waals surface area contributed by atoms with E-state index in [1.54, 1.807) is 0 Å². The molecule has 4 N–H and O–H groups in total. The zero-order valence-electron chi connectivity index (χ0n) is 31.0. The highest BCUT2D eigenvalue weighted by Gasteiger charge is 2.23. The van der Waals surface area contributed by atoms with Crippen LogP contribution in [0.2, 0.25) is 0 Å². The molecule has 0 aliphatic carbocycles. The molecule has 0 bridgehead atoms. The molecule has 0 spiro atoms. The van der Waals surface area contributed by atoms with Crippen LogP contribution in [0.3, 0.4) is 0 Å². The van der Waals surface area contributed by atoms with Gasteiger partial charge in [0.2, 0.25) is 0 Å². The van der Waals surface area contributed by atoms with Crippen molar-refractivity contribution in [3.63, 3.8) is 0 Å². The highest BCUT2D eigenvalue weighted by Crippen LogP contribution is 2.46. The third-order valence-corrected chi connectivity index (χ3v) is 9.65. The summed E-state index contributed by atoms with van der Waals surface area (Å²) in [7, 11) is 0. The number of aryl methyl sites for hydroxylation is 2. The lowest BCUT2D eigenvalue weighted by atomic mass is 10.1. The molecule has 0 heterocycles. The van der Waals surface area contributed by atoms with Crippen LogP contribution in [-0.4, -0.2) is 20.4 Å². The molecule has 0 amide bonds. The van der Waals surface area contributed by atoms with Crippen molar-refractivity contribution in [3.8, 4) is 0 Å². The van der Waals surface area contributed by atoms with E-state index in [-0.39, 0.29) is 26.4 Å². The van der Waals surface area contributed by atoms with Gasteiger partial charge in [-0.15, -0.1) is 0 Å². The van der Waals surface area contributed by atoms with Gasteiger partial charge < -0.3 is 35.1 Å². The van der Waals surface area contributed by atoms with E-state index in [0.717, 1.165) is 84.6 Å². The van der Waals surface area contributed by atoms with Gasteiger partial charge in [-0.1, -0.05) is 83.9 Å². The van der Waals surface area contributed by atoms with E-state index in [1.165, 1.54) is 0 Å². The summed E-state index contributed by atoms with van der Waals surface area (Å²) >= 11 is 0. The van der Waals surface area contributed by atoms with E-state index in [4.69, 9.17) is 0 Å². The van der Waals surface area contributed by atoms with Crippen molar-refractivity contribution in [2.24, 2.45) is 0 Å². The van der Waals surface area contributed by atoms with Crippen molar-refractivity contribution in [2.75, 3.05) is 14.7 Å². The largest absolute Gasteiger partial charge is 0.392 e. The monoisotopic (exact) mass is 727 g/mol. The third kappa shape index (κ3) is 8.31. The van der Waals surface area contributed by atoms with Gasteiger partial charge in [0.1, 0.15) is 0 Å². The number of aliphatic hydroxyl groups excluding tert-OH is 4. The molecule has 0 aromatic heterocycles. The number of benzene rings is 7. The van der Waals surface area contributed by atoms with Crippen LogP contribution in [0, 0.1) is 13.8 Å². The Bertz CT molecular complexity index is 2120. The first-order chi connectivity index (χ1) is 26.9. The molecule has 0 saturated carbocycles. The smallest absolute Gasteiger partial charge is 0.0682 e. The zero-order valence-corrected chi connectivity index (χ0v) is 31.0. The first-order valence-electron chi connectivity index (χ1n) is 18.4. The Morgan fingerprint density at radius 2 is 0.545 bits per heavy atom. The van der Waals surface area contributed by atoms with Gasteiger partial charge in [-0.25, -0.2) is 0 Å². The molecule has 7 rings (SSSR count). The van der Waals surface area contributed by atoms with Crippen molar-refractivity contribution in [3.05, 3.63) is 197 Å². The van der Waals surface area contributed by atoms with Crippen LogP contribution in [0.1, 0.15) is 33.4 Å². The van der Waals surface area contributed by atoms with E-state index >= 15 is 0 Å². The summed E-state index contributed by atoms with van der Waals surface area (Å²) in [5.41, 5.74) is 13.2. The molecule has 7 nitrogen and oxygen atoms in total. The SMILES string of the molecule is Cc1ccc(N(c2ccc(C)cc2)c2cc(N(c3cccc(CO)c3)c3cccc(CO)c3)cc(N(c3cccc(CO)c3)c3cccc(CO)c3)c2)cc1. The minimum atomic E-state index is -0.117. The fourth-order valence-electron chi connectivity index (χ4n) is 6.87. The van der Waals surface area contributed by atoms with Crippen molar-refractivity contribution < 1.29 is 20.4 Å². The summed E-state index contributed by atoms with van der Waals surface area (Å²) in [6.45, 7) is 3.69. The normalized spacial score (nSPS) is 11.0. The van der Waals surface area contributed by atoms with Gasteiger partial charge in [0.05, 0.1) is 43.5 Å². The Morgan fingerprint density at radius 1 is 0.291 bits per heavy atom. The highest BCUT2D eigenvalue weighted by molar-refractivity contribution is 5.89. The summed E-state index contributed by atoms with van der Waals surface area (Å²) in [4.78, 5) is 6.52. The molecule has 0 aliphatic heterocycles. The van der Waals surface area contributed by atoms with Crippen LogP contribution in [-0.2, 0) is 26.4 Å². The molecule has 0 atom stereocenters. The standard InChI is InChI=1S/C48H45N3O4/c1-34-15-19-40(20-16-34)49(41-21-17-35(2)18-22-41)46-27-47(50(42-11-3-7-36(23-42)30-52)43-12-4-8-37(24-43)31-53)29-48(28-46)51(44-13-5-9-38(25-44)32-54)45-14-6-10-39(26-45)33-55/h3-29,52-55H,30-33H2,1-2H3. The van der Waals surface area contributed by atoms with Crippen molar-refractivity contribution in [2.45, 2.75) is 40.3 Å². The van der Waals surface area contributed by atoms with Crippen LogP contribution in [0.25, 0.3) is 0 Å². The second kappa shape index (κ2) is 16.8. The summed E-state index contributed by atoms with van der Waals surface area (Å²) in [6.07, 6.45) is 0. The van der Waals surface area contributed by atoms with Gasteiger partial charge in [-0.3, -0.25) is 0 Å². The van der Waals surface area contributed by atoms with E-state index in [0.29, 0.717) is 0 Å². The molecule has 55 heavy (non-hydrogen) atoms. The fourth-order valence-corrected chi connectivity index (χ4v) is 6.87. The van der Waals surface area contributed by atoms with Crippen LogP contribution in [0.15, 0.2) is 164 Å². The number of hydrogen-bond donors (Lipinski definition) is 4. The third-order valence-electron chi connectivity index (χ3n) is 9.65. The van der Waals surface area contributed by atoms with Gasteiger partial charge in [-0.2, -0.15) is 0 Å². The number of hydrogen-bond acceptors (Lipinski definition) is 7. The summed E-state index contributed by atoms with van der Waals surface area (Å²) in [5, 5.41) is 40.9. The Hall–Kier alpha value is -6.22. The van der Waals surface area contributed by atoms with Gasteiger partial charge in [0.15, 0.2) is 0 Å². The lowest BCUT2D eigenvalue weighted by Gasteiger charge is -2.33. The average molecular weight is 728 g/mol. The summed E-state index contributed by atoms with van der Waals surface area (Å²) in [5.74, 6) is 0. The van der Waals surface area contributed by atoms with Gasteiger partial charge in [0.25, 0.3) is 0 Å². The maximum Gasteiger partial charge on any atom is 0.0682 e. The highest BCUT2D eigenvalue weighted by atomic mass is 16.3. The molecule has 7 heteroatoms. The van der Waals surface area contributed by atoms with Crippen LogP contribution in [0.5, 0.6) is 0 Å². The lowest BCUT2D eigenvalue weighted by molar-refractivity contribution is 0.281. The van der Waals surface area contributed by atoms with Crippen molar-refractivity contribution >= 4 is 51.2 Å². The number of rotatable bonds is 13. The molecule has 7 aromatic rings. The molecule has 7 aromatic carbocycles. The molecule has 0 aliphatic rings. The maximum atomic E-state index is 10.2. The average Bonchev–Trinajstić information content (AvgIpc) is 3.23. The molecule has 276 valence electrons. The molecule has 0 unspecified atom stereocenters.